The minimum atomic E-state index is -0.496. The highest BCUT2D eigenvalue weighted by atomic mass is 19.1. The van der Waals surface area contributed by atoms with Crippen LogP contribution in [0.5, 0.6) is 5.75 Å². The van der Waals surface area contributed by atoms with E-state index in [1.807, 2.05) is 32.0 Å². The molecule has 4 nitrogen and oxygen atoms in total. The number of ketones is 1. The molecule has 1 saturated carbocycles. The Labute approximate surface area is 197 Å². The smallest absolute Gasteiger partial charge is 0.227 e. The Morgan fingerprint density at radius 2 is 1.79 bits per heavy atom. The average molecular weight is 456 g/mol. The number of carbonyl (C=O) groups is 2. The van der Waals surface area contributed by atoms with Gasteiger partial charge < -0.3 is 10.1 Å². The Balaban J connectivity index is 0.000000257. The Hall–Kier alpha value is -2.69. The standard InChI is InChI=1S/C17H25NO2.C11H13FO/c1-4-13-6-8-14(9-7-13)17(19)18-15-10-5-12(2)16(11-15)20-3;1-3-10-9(7-12)5-4-6-11(10)8(2)13/h5,10-11,13-14H,4,6-9H2,1-3H3,(H,18,19);4-6H,3,7H2,1-2H3. The van der Waals surface area contributed by atoms with E-state index in [0.717, 1.165) is 41.3 Å². The number of carbonyl (C=O) groups excluding carboxylic acids is 2. The molecular formula is C28H38FNO3. The molecule has 1 aliphatic carbocycles. The normalized spacial score (nSPS) is 17.5. The first-order chi connectivity index (χ1) is 15.8. The number of alkyl halides is 1. The number of aryl methyl sites for hydroxylation is 1. The Kier molecular flexibility index (Phi) is 10.6. The van der Waals surface area contributed by atoms with E-state index < -0.39 is 6.67 Å². The van der Waals surface area contributed by atoms with E-state index in [2.05, 4.69) is 12.2 Å². The zero-order valence-corrected chi connectivity index (χ0v) is 20.7. The maximum atomic E-state index is 12.5. The number of halogens is 1. The van der Waals surface area contributed by atoms with Crippen molar-refractivity contribution in [1.29, 1.82) is 0 Å². The fraction of sp³-hybridized carbons (Fsp3) is 0.500. The van der Waals surface area contributed by atoms with Crippen LogP contribution < -0.4 is 10.1 Å². The monoisotopic (exact) mass is 455 g/mol. The van der Waals surface area contributed by atoms with E-state index in [1.54, 1.807) is 25.3 Å². The molecule has 1 amide bonds. The van der Waals surface area contributed by atoms with Crippen LogP contribution in [0.4, 0.5) is 10.1 Å². The van der Waals surface area contributed by atoms with Gasteiger partial charge in [-0.1, -0.05) is 44.5 Å². The number of hydrogen-bond donors (Lipinski definition) is 1. The van der Waals surface area contributed by atoms with Gasteiger partial charge in [0.2, 0.25) is 5.91 Å². The lowest BCUT2D eigenvalue weighted by atomic mass is 9.80. The summed E-state index contributed by atoms with van der Waals surface area (Å²) in [5, 5.41) is 3.03. The highest BCUT2D eigenvalue weighted by molar-refractivity contribution is 5.96. The third kappa shape index (κ3) is 7.41. The third-order valence-electron chi connectivity index (χ3n) is 6.62. The van der Waals surface area contributed by atoms with Crippen LogP contribution in [0, 0.1) is 18.8 Å². The van der Waals surface area contributed by atoms with Crippen molar-refractivity contribution in [3.8, 4) is 5.75 Å². The van der Waals surface area contributed by atoms with Crippen molar-refractivity contribution in [3.05, 3.63) is 58.7 Å². The predicted molar refractivity (Wildman–Crippen MR) is 133 cm³/mol. The van der Waals surface area contributed by atoms with Gasteiger partial charge in [0.1, 0.15) is 12.4 Å². The van der Waals surface area contributed by atoms with Gasteiger partial charge in [-0.25, -0.2) is 4.39 Å². The van der Waals surface area contributed by atoms with Gasteiger partial charge in [0.25, 0.3) is 0 Å². The molecule has 5 heteroatoms. The number of methoxy groups -OCH3 is 1. The molecule has 0 aromatic heterocycles. The van der Waals surface area contributed by atoms with E-state index >= 15 is 0 Å². The number of nitrogens with one attached hydrogen (secondary N) is 1. The van der Waals surface area contributed by atoms with E-state index in [0.29, 0.717) is 17.5 Å². The van der Waals surface area contributed by atoms with Crippen LogP contribution in [-0.4, -0.2) is 18.8 Å². The lowest BCUT2D eigenvalue weighted by Crippen LogP contribution is -2.27. The average Bonchev–Trinajstić information content (AvgIpc) is 2.84. The summed E-state index contributed by atoms with van der Waals surface area (Å²) < 4.78 is 17.8. The molecule has 0 heterocycles. The molecule has 1 fully saturated rings. The number of amides is 1. The molecule has 0 aliphatic heterocycles. The van der Waals surface area contributed by atoms with Crippen LogP contribution in [0.15, 0.2) is 36.4 Å². The minimum absolute atomic E-state index is 0.00662. The fourth-order valence-electron chi connectivity index (χ4n) is 4.48. The molecule has 1 N–H and O–H groups in total. The van der Waals surface area contributed by atoms with Crippen molar-refractivity contribution in [1.82, 2.24) is 0 Å². The van der Waals surface area contributed by atoms with Crippen LogP contribution in [0.3, 0.4) is 0 Å². The summed E-state index contributed by atoms with van der Waals surface area (Å²) >= 11 is 0. The molecule has 0 unspecified atom stereocenters. The van der Waals surface area contributed by atoms with Crippen LogP contribution >= 0.6 is 0 Å². The highest BCUT2D eigenvalue weighted by Gasteiger charge is 2.25. The SMILES string of the molecule is CCC1CCC(C(=O)Nc2ccc(C)c(OC)c2)CC1.CCc1c(CF)cccc1C(C)=O. The molecule has 3 rings (SSSR count). The van der Waals surface area contributed by atoms with Crippen LogP contribution in [0.2, 0.25) is 0 Å². The predicted octanol–water partition coefficient (Wildman–Crippen LogP) is 7.08. The van der Waals surface area contributed by atoms with Gasteiger partial charge >= 0.3 is 0 Å². The van der Waals surface area contributed by atoms with Gasteiger partial charge in [-0.3, -0.25) is 9.59 Å². The summed E-state index contributed by atoms with van der Waals surface area (Å²) in [6.07, 6.45) is 6.36. The van der Waals surface area contributed by atoms with Crippen LogP contribution in [0.1, 0.15) is 79.9 Å². The molecule has 0 bridgehead atoms. The number of ether oxygens (including phenoxy) is 1. The lowest BCUT2D eigenvalue weighted by Gasteiger charge is -2.27. The van der Waals surface area contributed by atoms with Gasteiger partial charge in [0.15, 0.2) is 5.78 Å². The number of Topliss-reactive ketones (excluding diaryl/α,β-unsaturated/α-hetero) is 1. The molecule has 0 radical (unpaired) electrons. The van der Waals surface area contributed by atoms with Crippen LogP contribution in [-0.2, 0) is 17.9 Å². The Morgan fingerprint density at radius 3 is 2.33 bits per heavy atom. The number of hydrogen-bond acceptors (Lipinski definition) is 3. The van der Waals surface area contributed by atoms with E-state index in [-0.39, 0.29) is 17.6 Å². The van der Waals surface area contributed by atoms with Crippen molar-refractivity contribution < 1.29 is 18.7 Å². The van der Waals surface area contributed by atoms with Gasteiger partial charge in [-0.2, -0.15) is 0 Å². The molecular weight excluding hydrogens is 417 g/mol. The largest absolute Gasteiger partial charge is 0.496 e. The molecule has 2 aromatic carbocycles. The Morgan fingerprint density at radius 1 is 1.09 bits per heavy atom. The summed E-state index contributed by atoms with van der Waals surface area (Å²) in [5.41, 5.74) is 4.04. The van der Waals surface area contributed by atoms with E-state index in [4.69, 9.17) is 4.74 Å². The number of benzene rings is 2. The first kappa shape index (κ1) is 26.6. The third-order valence-corrected chi connectivity index (χ3v) is 6.62. The number of anilines is 1. The van der Waals surface area contributed by atoms with Crippen molar-refractivity contribution >= 4 is 17.4 Å². The van der Waals surface area contributed by atoms with E-state index in [1.165, 1.54) is 26.2 Å². The summed E-state index contributed by atoms with van der Waals surface area (Å²) in [6.45, 7) is 7.18. The van der Waals surface area contributed by atoms with Crippen molar-refractivity contribution in [2.75, 3.05) is 12.4 Å². The van der Waals surface area contributed by atoms with Gasteiger partial charge in [-0.05, 0) is 74.6 Å². The number of rotatable bonds is 7. The topological polar surface area (TPSA) is 55.4 Å². The maximum Gasteiger partial charge on any atom is 0.227 e. The molecule has 2 aromatic rings. The summed E-state index contributed by atoms with van der Waals surface area (Å²) in [4.78, 5) is 23.5. The zero-order chi connectivity index (χ0) is 24.4. The van der Waals surface area contributed by atoms with Crippen molar-refractivity contribution in [2.24, 2.45) is 11.8 Å². The summed E-state index contributed by atoms with van der Waals surface area (Å²) in [6, 6.07) is 11.0. The molecule has 0 atom stereocenters. The fourth-order valence-corrected chi connectivity index (χ4v) is 4.48. The quantitative estimate of drug-likeness (QED) is 0.454. The molecule has 0 saturated heterocycles. The van der Waals surface area contributed by atoms with Crippen molar-refractivity contribution in [3.63, 3.8) is 0 Å². The van der Waals surface area contributed by atoms with Gasteiger partial charge in [0.05, 0.1) is 7.11 Å². The van der Waals surface area contributed by atoms with E-state index in [9.17, 15) is 14.0 Å². The first-order valence-corrected chi connectivity index (χ1v) is 12.0. The van der Waals surface area contributed by atoms with Gasteiger partial charge in [0, 0.05) is 23.2 Å². The van der Waals surface area contributed by atoms with Crippen LogP contribution in [0.25, 0.3) is 0 Å². The second kappa shape index (κ2) is 13.1. The molecule has 180 valence electrons. The second-order valence-corrected chi connectivity index (χ2v) is 8.79. The maximum absolute atomic E-state index is 12.5. The second-order valence-electron chi connectivity index (χ2n) is 8.79. The summed E-state index contributed by atoms with van der Waals surface area (Å²) in [5.74, 6) is 1.97. The molecule has 1 aliphatic rings. The van der Waals surface area contributed by atoms with Crippen molar-refractivity contribution in [2.45, 2.75) is 72.9 Å². The summed E-state index contributed by atoms with van der Waals surface area (Å²) in [7, 11) is 1.65. The zero-order valence-electron chi connectivity index (χ0n) is 20.7. The minimum Gasteiger partial charge on any atom is -0.496 e. The molecule has 0 spiro atoms. The Bertz CT molecular complexity index is 933. The first-order valence-electron chi connectivity index (χ1n) is 12.0. The lowest BCUT2D eigenvalue weighted by molar-refractivity contribution is -0.121. The molecule has 33 heavy (non-hydrogen) atoms. The highest BCUT2D eigenvalue weighted by Crippen LogP contribution is 2.31. The van der Waals surface area contributed by atoms with Gasteiger partial charge in [-0.15, -0.1) is 0 Å².